The Balaban J connectivity index is 1.91. The first-order valence-corrected chi connectivity index (χ1v) is 5.86. The van der Waals surface area contributed by atoms with E-state index >= 15 is 0 Å². The van der Waals surface area contributed by atoms with Gasteiger partial charge in [0.25, 0.3) is 0 Å². The quantitative estimate of drug-likeness (QED) is 0.658. The van der Waals surface area contributed by atoms with E-state index in [0.717, 1.165) is 15.2 Å². The molecule has 3 rings (SSSR count). The van der Waals surface area contributed by atoms with Crippen LogP contribution in [-0.4, -0.2) is 26.3 Å². The number of rotatable bonds is 3. The fourth-order valence-electron chi connectivity index (χ4n) is 1.57. The number of aldehydes is 1. The van der Waals surface area contributed by atoms with Gasteiger partial charge in [-0.1, -0.05) is 17.3 Å². The summed E-state index contributed by atoms with van der Waals surface area (Å²) in [5.41, 5.74) is 1.33. The van der Waals surface area contributed by atoms with Gasteiger partial charge < -0.3 is 0 Å². The minimum atomic E-state index is 0.339. The zero-order valence-corrected chi connectivity index (χ0v) is 9.59. The molecule has 0 radical (unpaired) electrons. The molecule has 0 N–H and O–H groups in total. The number of carbonyl (C=O) groups excluding carboxylic acids is 1. The van der Waals surface area contributed by atoms with E-state index in [0.29, 0.717) is 18.5 Å². The van der Waals surface area contributed by atoms with E-state index in [4.69, 9.17) is 0 Å². The summed E-state index contributed by atoms with van der Waals surface area (Å²) in [7, 11) is 0. The van der Waals surface area contributed by atoms with Gasteiger partial charge in [-0.05, 0) is 12.1 Å². The van der Waals surface area contributed by atoms with Crippen LogP contribution in [0.2, 0.25) is 0 Å². The van der Waals surface area contributed by atoms with Crippen LogP contribution in [0.5, 0.6) is 0 Å². The van der Waals surface area contributed by atoms with Crippen molar-refractivity contribution in [1.29, 1.82) is 0 Å². The highest BCUT2D eigenvalue weighted by Crippen LogP contribution is 2.21. The number of nitrogens with zero attached hydrogens (tertiary/aromatic N) is 4. The molecule has 2 aromatic heterocycles. The maximum absolute atomic E-state index is 10.5. The molecule has 1 aromatic carbocycles. The number of fused-ring (bicyclic) bond motifs is 1. The predicted octanol–water partition coefficient (Wildman–Crippen LogP) is 1.75. The lowest BCUT2D eigenvalue weighted by Crippen LogP contribution is -1.99. The second-order valence-corrected chi connectivity index (χ2v) is 4.65. The molecule has 17 heavy (non-hydrogen) atoms. The minimum Gasteiger partial charge on any atom is -0.296 e. The van der Waals surface area contributed by atoms with Crippen LogP contribution in [0.1, 0.15) is 15.5 Å². The lowest BCUT2D eigenvalue weighted by molar-refractivity contribution is 0.111. The molecule has 2 heterocycles. The van der Waals surface area contributed by atoms with Gasteiger partial charge in [-0.3, -0.25) is 4.79 Å². The van der Waals surface area contributed by atoms with Crippen molar-refractivity contribution < 1.29 is 4.79 Å². The first-order valence-electron chi connectivity index (χ1n) is 5.05. The molecule has 5 nitrogen and oxygen atoms in total. The van der Waals surface area contributed by atoms with Crippen LogP contribution in [-0.2, 0) is 6.54 Å². The van der Waals surface area contributed by atoms with Gasteiger partial charge in [0, 0.05) is 0 Å². The molecular weight excluding hydrogens is 236 g/mol. The topological polar surface area (TPSA) is 60.7 Å². The molecule has 3 aromatic rings. The second kappa shape index (κ2) is 4.06. The molecule has 0 saturated carbocycles. The molecule has 0 spiro atoms. The molecule has 6 heteroatoms. The monoisotopic (exact) mass is 244 g/mol. The SMILES string of the molecule is O=Cc1cn(Cc2nc3ccccc3s2)nn1. The Bertz CT molecular complexity index is 640. The number of para-hydroxylation sites is 1. The average molecular weight is 244 g/mol. The third kappa shape index (κ3) is 1.94. The van der Waals surface area contributed by atoms with Gasteiger partial charge in [0.2, 0.25) is 0 Å². The van der Waals surface area contributed by atoms with Crippen molar-refractivity contribution in [3.8, 4) is 0 Å². The van der Waals surface area contributed by atoms with Gasteiger partial charge in [-0.15, -0.1) is 16.4 Å². The fraction of sp³-hybridized carbons (Fsp3) is 0.0909. The summed E-state index contributed by atoms with van der Waals surface area (Å²) in [6.45, 7) is 0.542. The Hall–Kier alpha value is -2.08. The number of aromatic nitrogens is 4. The Morgan fingerprint density at radius 2 is 2.24 bits per heavy atom. The lowest BCUT2D eigenvalue weighted by Gasteiger charge is -1.93. The molecule has 0 saturated heterocycles. The molecule has 0 atom stereocenters. The van der Waals surface area contributed by atoms with Crippen LogP contribution in [0.25, 0.3) is 10.2 Å². The van der Waals surface area contributed by atoms with Crippen LogP contribution in [0.3, 0.4) is 0 Å². The van der Waals surface area contributed by atoms with E-state index < -0.39 is 0 Å². The van der Waals surface area contributed by atoms with Crippen molar-refractivity contribution in [2.75, 3.05) is 0 Å². The molecule has 0 fully saturated rings. The molecule has 0 aliphatic carbocycles. The first kappa shape index (κ1) is 10.1. The summed E-state index contributed by atoms with van der Waals surface area (Å²) in [6, 6.07) is 7.97. The second-order valence-electron chi connectivity index (χ2n) is 3.53. The van der Waals surface area contributed by atoms with Crippen molar-refractivity contribution in [1.82, 2.24) is 20.0 Å². The molecular formula is C11H8N4OS. The van der Waals surface area contributed by atoms with Gasteiger partial charge >= 0.3 is 0 Å². The van der Waals surface area contributed by atoms with E-state index in [1.54, 1.807) is 22.2 Å². The molecule has 0 aliphatic rings. The van der Waals surface area contributed by atoms with Crippen molar-refractivity contribution in [3.63, 3.8) is 0 Å². The number of benzene rings is 1. The van der Waals surface area contributed by atoms with Crippen LogP contribution in [0.15, 0.2) is 30.5 Å². The van der Waals surface area contributed by atoms with E-state index in [-0.39, 0.29) is 0 Å². The number of thiazole rings is 1. The summed E-state index contributed by atoms with van der Waals surface area (Å²) >= 11 is 1.62. The smallest absolute Gasteiger partial charge is 0.171 e. The van der Waals surface area contributed by atoms with Crippen molar-refractivity contribution in [2.45, 2.75) is 6.54 Å². The highest BCUT2D eigenvalue weighted by Gasteiger charge is 2.05. The largest absolute Gasteiger partial charge is 0.296 e. The summed E-state index contributed by atoms with van der Waals surface area (Å²) in [5, 5.41) is 8.51. The van der Waals surface area contributed by atoms with Crippen LogP contribution < -0.4 is 0 Å². The van der Waals surface area contributed by atoms with Crippen LogP contribution in [0.4, 0.5) is 0 Å². The van der Waals surface area contributed by atoms with E-state index in [2.05, 4.69) is 15.3 Å². The molecule has 0 aliphatic heterocycles. The number of hydrogen-bond acceptors (Lipinski definition) is 5. The Kier molecular flexibility index (Phi) is 2.41. The highest BCUT2D eigenvalue weighted by molar-refractivity contribution is 7.18. The third-order valence-electron chi connectivity index (χ3n) is 2.31. The van der Waals surface area contributed by atoms with E-state index in [1.165, 1.54) is 0 Å². The fourth-order valence-corrected chi connectivity index (χ4v) is 2.53. The minimum absolute atomic E-state index is 0.339. The van der Waals surface area contributed by atoms with Crippen LogP contribution >= 0.6 is 11.3 Å². The first-order chi connectivity index (χ1) is 8.35. The molecule has 0 bridgehead atoms. The van der Waals surface area contributed by atoms with Crippen molar-refractivity contribution in [3.05, 3.63) is 41.2 Å². The number of hydrogen-bond donors (Lipinski definition) is 0. The van der Waals surface area contributed by atoms with Crippen molar-refractivity contribution >= 4 is 27.8 Å². The summed E-state index contributed by atoms with van der Waals surface area (Å²) in [6.07, 6.45) is 2.29. The third-order valence-corrected chi connectivity index (χ3v) is 3.33. The Labute approximate surface area is 101 Å². The zero-order chi connectivity index (χ0) is 11.7. The predicted molar refractivity (Wildman–Crippen MR) is 64.1 cm³/mol. The maximum atomic E-state index is 10.5. The zero-order valence-electron chi connectivity index (χ0n) is 8.78. The summed E-state index contributed by atoms with van der Waals surface area (Å²) in [4.78, 5) is 15.0. The van der Waals surface area contributed by atoms with Gasteiger partial charge in [-0.25, -0.2) is 9.67 Å². The number of carbonyl (C=O) groups is 1. The Morgan fingerprint density at radius 1 is 1.35 bits per heavy atom. The molecule has 0 unspecified atom stereocenters. The molecule has 0 amide bonds. The summed E-state index contributed by atoms with van der Waals surface area (Å²) in [5.74, 6) is 0. The van der Waals surface area contributed by atoms with Gasteiger partial charge in [0.05, 0.1) is 23.0 Å². The van der Waals surface area contributed by atoms with Gasteiger partial charge in [-0.2, -0.15) is 0 Å². The normalized spacial score (nSPS) is 10.8. The molecule has 84 valence electrons. The van der Waals surface area contributed by atoms with E-state index in [9.17, 15) is 4.79 Å². The lowest BCUT2D eigenvalue weighted by atomic mass is 10.3. The Morgan fingerprint density at radius 3 is 3.00 bits per heavy atom. The standard InChI is InChI=1S/C11H8N4OS/c16-7-8-5-15(14-13-8)6-11-12-9-3-1-2-4-10(9)17-11/h1-5,7H,6H2. The average Bonchev–Trinajstić information content (AvgIpc) is 2.94. The maximum Gasteiger partial charge on any atom is 0.171 e. The summed E-state index contributed by atoms with van der Waals surface area (Å²) < 4.78 is 2.76. The van der Waals surface area contributed by atoms with Gasteiger partial charge in [0.1, 0.15) is 10.7 Å². The van der Waals surface area contributed by atoms with Crippen LogP contribution in [0, 0.1) is 0 Å². The highest BCUT2D eigenvalue weighted by atomic mass is 32.1. The van der Waals surface area contributed by atoms with Crippen molar-refractivity contribution in [2.24, 2.45) is 0 Å². The van der Waals surface area contributed by atoms with Gasteiger partial charge in [0.15, 0.2) is 6.29 Å². The van der Waals surface area contributed by atoms with E-state index in [1.807, 2.05) is 24.3 Å².